The standard InChI is InChI=1S/C16H13F4NO2.C16H14F3NO2/c1-9(2)23-15(22)14-5-3-4-13(21-14)11-7-6-10(8-12(11)17)16(18,19)20;1-10(2)22-15(21)14-5-3-4-13(20-14)11-6-8-12(9-7-11)16(17,18)19/h3-9H,1-2H3;3-10H,1-2H3. The van der Waals surface area contributed by atoms with Gasteiger partial charge >= 0.3 is 24.3 Å². The molecule has 0 spiro atoms. The summed E-state index contributed by atoms with van der Waals surface area (Å²) in [4.78, 5) is 31.7. The van der Waals surface area contributed by atoms with Crippen LogP contribution in [0.5, 0.6) is 0 Å². The summed E-state index contributed by atoms with van der Waals surface area (Å²) in [5.74, 6) is -2.32. The Morgan fingerprint density at radius 2 is 1.07 bits per heavy atom. The maximum absolute atomic E-state index is 14.0. The van der Waals surface area contributed by atoms with E-state index < -0.39 is 41.2 Å². The average Bonchev–Trinajstić information content (AvgIpc) is 2.96. The molecule has 0 aliphatic rings. The number of aromatic nitrogens is 2. The largest absolute Gasteiger partial charge is 0.458 e. The Bertz CT molecular complexity index is 1630. The zero-order valence-electron chi connectivity index (χ0n) is 24.3. The molecule has 238 valence electrons. The Labute approximate surface area is 253 Å². The quantitative estimate of drug-likeness (QED) is 0.156. The SMILES string of the molecule is CC(C)OC(=O)c1cccc(-c2ccc(C(F)(F)F)cc2)n1.CC(C)OC(=O)c1cccc(-c2ccc(C(F)(F)F)cc2F)n1. The molecule has 0 saturated carbocycles. The second kappa shape index (κ2) is 14.3. The first kappa shape index (κ1) is 34.7. The molecule has 0 saturated heterocycles. The fourth-order valence-electron chi connectivity index (χ4n) is 3.69. The van der Waals surface area contributed by atoms with Crippen LogP contribution in [0.15, 0.2) is 78.9 Å². The Kier molecular flexibility index (Phi) is 11.0. The molecule has 0 radical (unpaired) electrons. The van der Waals surface area contributed by atoms with Crippen LogP contribution in [0.25, 0.3) is 22.5 Å². The molecule has 0 unspecified atom stereocenters. The summed E-state index contributed by atoms with van der Waals surface area (Å²) in [6.07, 6.45) is -9.63. The predicted molar refractivity (Wildman–Crippen MR) is 150 cm³/mol. The van der Waals surface area contributed by atoms with Gasteiger partial charge in [0, 0.05) is 11.1 Å². The lowest BCUT2D eigenvalue weighted by atomic mass is 10.1. The predicted octanol–water partition coefficient (Wildman–Crippen LogP) is 8.80. The van der Waals surface area contributed by atoms with Crippen LogP contribution in [0, 0.1) is 5.82 Å². The highest BCUT2D eigenvalue weighted by Gasteiger charge is 2.32. The van der Waals surface area contributed by atoms with Crippen molar-refractivity contribution >= 4 is 11.9 Å². The molecule has 0 fully saturated rings. The first-order valence-electron chi connectivity index (χ1n) is 13.4. The van der Waals surface area contributed by atoms with Crippen molar-refractivity contribution in [1.82, 2.24) is 9.97 Å². The summed E-state index contributed by atoms with van der Waals surface area (Å²) in [5, 5.41) is 0. The minimum atomic E-state index is -4.63. The second-order valence-corrected chi connectivity index (χ2v) is 9.99. The van der Waals surface area contributed by atoms with E-state index in [1.54, 1.807) is 39.8 Å². The summed E-state index contributed by atoms with van der Waals surface area (Å²) in [5.41, 5.74) is -0.923. The first-order valence-corrected chi connectivity index (χ1v) is 13.4. The molecule has 4 aromatic rings. The van der Waals surface area contributed by atoms with Crippen LogP contribution in [-0.2, 0) is 21.8 Å². The van der Waals surface area contributed by atoms with E-state index in [4.69, 9.17) is 9.47 Å². The molecule has 0 N–H and O–H groups in total. The summed E-state index contributed by atoms with van der Waals surface area (Å²) in [7, 11) is 0. The van der Waals surface area contributed by atoms with Gasteiger partial charge in [-0.05, 0) is 82.3 Å². The Hall–Kier alpha value is -4.81. The zero-order valence-corrected chi connectivity index (χ0v) is 24.3. The third kappa shape index (κ3) is 9.85. The third-order valence-electron chi connectivity index (χ3n) is 5.68. The van der Waals surface area contributed by atoms with Crippen molar-refractivity contribution in [3.63, 3.8) is 0 Å². The number of halogens is 7. The average molecular weight is 637 g/mol. The molecular weight excluding hydrogens is 609 g/mol. The lowest BCUT2D eigenvalue weighted by Crippen LogP contribution is -2.13. The maximum atomic E-state index is 14.0. The van der Waals surface area contributed by atoms with Crippen LogP contribution >= 0.6 is 0 Å². The van der Waals surface area contributed by atoms with Crippen LogP contribution in [0.4, 0.5) is 30.7 Å². The van der Waals surface area contributed by atoms with E-state index in [2.05, 4.69) is 9.97 Å². The number of hydrogen-bond acceptors (Lipinski definition) is 6. The third-order valence-corrected chi connectivity index (χ3v) is 5.68. The molecule has 6 nitrogen and oxygen atoms in total. The molecule has 2 aromatic heterocycles. The number of pyridine rings is 2. The highest BCUT2D eigenvalue weighted by molar-refractivity contribution is 5.88. The summed E-state index contributed by atoms with van der Waals surface area (Å²) < 4.78 is 99.2. The van der Waals surface area contributed by atoms with Gasteiger partial charge in [-0.3, -0.25) is 0 Å². The number of rotatable bonds is 6. The van der Waals surface area contributed by atoms with Gasteiger partial charge in [0.1, 0.15) is 17.2 Å². The van der Waals surface area contributed by atoms with Crippen molar-refractivity contribution in [2.75, 3.05) is 0 Å². The van der Waals surface area contributed by atoms with Crippen molar-refractivity contribution in [3.05, 3.63) is 107 Å². The molecular formula is C32H27F7N2O4. The molecule has 2 aromatic carbocycles. The lowest BCUT2D eigenvalue weighted by Gasteiger charge is -2.10. The van der Waals surface area contributed by atoms with E-state index in [-0.39, 0.29) is 34.9 Å². The van der Waals surface area contributed by atoms with Crippen molar-refractivity contribution < 1.29 is 49.8 Å². The van der Waals surface area contributed by atoms with E-state index >= 15 is 0 Å². The summed E-state index contributed by atoms with van der Waals surface area (Å²) >= 11 is 0. The smallest absolute Gasteiger partial charge is 0.416 e. The lowest BCUT2D eigenvalue weighted by molar-refractivity contribution is -0.138. The minimum Gasteiger partial charge on any atom is -0.458 e. The van der Waals surface area contributed by atoms with E-state index in [1.807, 2.05) is 0 Å². The highest BCUT2D eigenvalue weighted by atomic mass is 19.4. The number of hydrogen-bond donors (Lipinski definition) is 0. The van der Waals surface area contributed by atoms with Crippen LogP contribution in [-0.4, -0.2) is 34.1 Å². The number of nitrogens with zero attached hydrogens (tertiary/aromatic N) is 2. The van der Waals surface area contributed by atoms with E-state index in [1.165, 1.54) is 36.4 Å². The Morgan fingerprint density at radius 1 is 0.622 bits per heavy atom. The van der Waals surface area contributed by atoms with Crippen LogP contribution in [0.2, 0.25) is 0 Å². The number of carbonyl (C=O) groups is 2. The number of alkyl halides is 6. The molecule has 0 aliphatic carbocycles. The van der Waals surface area contributed by atoms with Crippen molar-refractivity contribution in [1.29, 1.82) is 0 Å². The summed E-state index contributed by atoms with van der Waals surface area (Å²) in [6, 6.07) is 15.7. The molecule has 0 aliphatic heterocycles. The van der Waals surface area contributed by atoms with Crippen LogP contribution in [0.1, 0.15) is 59.8 Å². The number of ether oxygens (including phenoxy) is 2. The molecule has 0 bridgehead atoms. The van der Waals surface area contributed by atoms with Crippen LogP contribution < -0.4 is 0 Å². The number of esters is 2. The molecule has 0 amide bonds. The normalized spacial score (nSPS) is 11.6. The fraction of sp³-hybridized carbons (Fsp3) is 0.250. The van der Waals surface area contributed by atoms with Gasteiger partial charge in [-0.1, -0.05) is 24.3 Å². The Balaban J connectivity index is 0.000000246. The summed E-state index contributed by atoms with van der Waals surface area (Å²) in [6.45, 7) is 6.77. The minimum absolute atomic E-state index is 0.0458. The van der Waals surface area contributed by atoms with Crippen LogP contribution in [0.3, 0.4) is 0 Å². The molecule has 4 rings (SSSR count). The second-order valence-electron chi connectivity index (χ2n) is 9.99. The van der Waals surface area contributed by atoms with Gasteiger partial charge in [0.25, 0.3) is 0 Å². The van der Waals surface area contributed by atoms with Crippen molar-refractivity contribution in [3.8, 4) is 22.5 Å². The fourth-order valence-corrected chi connectivity index (χ4v) is 3.69. The number of carbonyl (C=O) groups excluding carboxylic acids is 2. The molecule has 0 atom stereocenters. The van der Waals surface area contributed by atoms with Gasteiger partial charge in [0.05, 0.1) is 34.7 Å². The van der Waals surface area contributed by atoms with Gasteiger partial charge < -0.3 is 9.47 Å². The van der Waals surface area contributed by atoms with E-state index in [9.17, 15) is 40.3 Å². The molecule has 13 heteroatoms. The molecule has 45 heavy (non-hydrogen) atoms. The topological polar surface area (TPSA) is 78.4 Å². The zero-order chi connectivity index (χ0) is 33.5. The maximum Gasteiger partial charge on any atom is 0.416 e. The monoisotopic (exact) mass is 636 g/mol. The van der Waals surface area contributed by atoms with Gasteiger partial charge in [-0.2, -0.15) is 26.3 Å². The van der Waals surface area contributed by atoms with Crippen molar-refractivity contribution in [2.24, 2.45) is 0 Å². The van der Waals surface area contributed by atoms with E-state index in [0.29, 0.717) is 17.3 Å². The van der Waals surface area contributed by atoms with Crippen molar-refractivity contribution in [2.45, 2.75) is 52.3 Å². The Morgan fingerprint density at radius 3 is 1.51 bits per heavy atom. The van der Waals surface area contributed by atoms with Gasteiger partial charge in [-0.15, -0.1) is 0 Å². The van der Waals surface area contributed by atoms with Gasteiger partial charge in [-0.25, -0.2) is 23.9 Å². The van der Waals surface area contributed by atoms with Gasteiger partial charge in [0.2, 0.25) is 0 Å². The number of benzene rings is 2. The first-order chi connectivity index (χ1) is 21.0. The van der Waals surface area contributed by atoms with Gasteiger partial charge in [0.15, 0.2) is 0 Å². The molecule has 2 heterocycles. The highest BCUT2D eigenvalue weighted by Crippen LogP contribution is 2.33. The van der Waals surface area contributed by atoms with E-state index in [0.717, 1.165) is 24.3 Å².